The van der Waals surface area contributed by atoms with Crippen molar-refractivity contribution in [3.05, 3.63) is 18.6 Å². The van der Waals surface area contributed by atoms with E-state index in [0.717, 1.165) is 28.7 Å². The van der Waals surface area contributed by atoms with E-state index in [0.29, 0.717) is 6.04 Å². The highest BCUT2D eigenvalue weighted by Crippen LogP contribution is 2.34. The summed E-state index contributed by atoms with van der Waals surface area (Å²) in [6.07, 6.45) is 7.42. The molecule has 0 amide bonds. The van der Waals surface area contributed by atoms with Crippen LogP contribution in [0.25, 0.3) is 11.0 Å². The third-order valence-corrected chi connectivity index (χ3v) is 4.79. The molecule has 0 aromatic carbocycles. The van der Waals surface area contributed by atoms with Crippen LogP contribution in [0.2, 0.25) is 0 Å². The zero-order valence-corrected chi connectivity index (χ0v) is 11.9. The van der Waals surface area contributed by atoms with Crippen LogP contribution in [0.1, 0.15) is 33.1 Å². The monoisotopic (exact) mass is 258 g/mol. The number of nitrogens with one attached hydrogen (secondary N) is 1. The summed E-state index contributed by atoms with van der Waals surface area (Å²) in [7, 11) is 2.17. The summed E-state index contributed by atoms with van der Waals surface area (Å²) in [5.74, 6) is 2.70. The highest BCUT2D eigenvalue weighted by atomic mass is 15.2. The number of hydrogen-bond acceptors (Lipinski definition) is 3. The molecular weight excluding hydrogens is 236 g/mol. The van der Waals surface area contributed by atoms with Crippen LogP contribution in [0, 0.1) is 11.8 Å². The third-order valence-electron chi connectivity index (χ3n) is 4.79. The molecule has 102 valence electrons. The second-order valence-electron chi connectivity index (χ2n) is 5.97. The van der Waals surface area contributed by atoms with Crippen LogP contribution in [0.15, 0.2) is 18.6 Å². The maximum absolute atomic E-state index is 4.49. The molecule has 2 aromatic rings. The summed E-state index contributed by atoms with van der Waals surface area (Å²) in [5, 5.41) is 1.12. The van der Waals surface area contributed by atoms with E-state index in [4.69, 9.17) is 0 Å². The van der Waals surface area contributed by atoms with E-state index < -0.39 is 0 Å². The first-order chi connectivity index (χ1) is 9.16. The van der Waals surface area contributed by atoms with E-state index in [1.54, 1.807) is 6.33 Å². The van der Waals surface area contributed by atoms with Gasteiger partial charge < -0.3 is 9.88 Å². The third kappa shape index (κ3) is 2.20. The Kier molecular flexibility index (Phi) is 3.17. The van der Waals surface area contributed by atoms with Gasteiger partial charge in [0.2, 0.25) is 0 Å². The highest BCUT2D eigenvalue weighted by molar-refractivity contribution is 5.87. The molecule has 2 aromatic heterocycles. The van der Waals surface area contributed by atoms with Crippen molar-refractivity contribution in [1.82, 2.24) is 15.0 Å². The fraction of sp³-hybridized carbons (Fsp3) is 0.600. The molecule has 3 unspecified atom stereocenters. The zero-order valence-electron chi connectivity index (χ0n) is 11.9. The number of aromatic amines is 1. The molecule has 1 fully saturated rings. The fourth-order valence-corrected chi connectivity index (χ4v) is 3.18. The van der Waals surface area contributed by atoms with Gasteiger partial charge in [0.15, 0.2) is 0 Å². The van der Waals surface area contributed by atoms with Gasteiger partial charge in [-0.2, -0.15) is 0 Å². The maximum atomic E-state index is 4.49. The van der Waals surface area contributed by atoms with Crippen molar-refractivity contribution < 1.29 is 0 Å². The van der Waals surface area contributed by atoms with Gasteiger partial charge >= 0.3 is 0 Å². The van der Waals surface area contributed by atoms with Crippen molar-refractivity contribution in [2.45, 2.75) is 39.2 Å². The molecule has 0 aliphatic heterocycles. The molecule has 0 bridgehead atoms. The molecular formula is C15H22N4. The highest BCUT2D eigenvalue weighted by Gasteiger charge is 2.28. The Labute approximate surface area is 114 Å². The van der Waals surface area contributed by atoms with Crippen LogP contribution in [0.4, 0.5) is 5.82 Å². The Morgan fingerprint density at radius 2 is 2.05 bits per heavy atom. The smallest absolute Gasteiger partial charge is 0.142 e. The van der Waals surface area contributed by atoms with Crippen LogP contribution in [0.5, 0.6) is 0 Å². The van der Waals surface area contributed by atoms with Gasteiger partial charge in [-0.15, -0.1) is 0 Å². The number of rotatable bonds is 2. The Balaban J connectivity index is 1.87. The van der Waals surface area contributed by atoms with E-state index in [2.05, 4.69) is 46.8 Å². The molecule has 4 nitrogen and oxygen atoms in total. The molecule has 1 aliphatic carbocycles. The lowest BCUT2D eigenvalue weighted by Gasteiger charge is -2.38. The predicted molar refractivity (Wildman–Crippen MR) is 78.3 cm³/mol. The Morgan fingerprint density at radius 1 is 1.21 bits per heavy atom. The van der Waals surface area contributed by atoms with Gasteiger partial charge in [0.05, 0.1) is 5.39 Å². The van der Waals surface area contributed by atoms with Gasteiger partial charge in [-0.25, -0.2) is 9.97 Å². The van der Waals surface area contributed by atoms with E-state index in [1.165, 1.54) is 19.3 Å². The SMILES string of the molecule is CC1CCC(N(C)c2ncnc3[nH]ccc23)CC1C. The number of anilines is 1. The standard InChI is InChI=1S/C15H22N4/c1-10-4-5-12(8-11(10)2)19(3)15-13-6-7-16-14(13)17-9-18-15/h6-7,9-12H,4-5,8H2,1-3H3,(H,16,17,18). The minimum atomic E-state index is 0.596. The normalized spacial score (nSPS) is 27.6. The molecule has 1 saturated carbocycles. The number of fused-ring (bicyclic) bond motifs is 1. The summed E-state index contributed by atoms with van der Waals surface area (Å²) < 4.78 is 0. The van der Waals surface area contributed by atoms with Crippen molar-refractivity contribution in [1.29, 1.82) is 0 Å². The van der Waals surface area contributed by atoms with E-state index in [1.807, 2.05) is 6.20 Å². The number of nitrogens with zero attached hydrogens (tertiary/aromatic N) is 3. The van der Waals surface area contributed by atoms with Gasteiger partial charge in [-0.05, 0) is 37.2 Å². The second-order valence-corrected chi connectivity index (χ2v) is 5.97. The van der Waals surface area contributed by atoms with Gasteiger partial charge in [0.1, 0.15) is 17.8 Å². The van der Waals surface area contributed by atoms with Crippen LogP contribution in [-0.2, 0) is 0 Å². The predicted octanol–water partition coefficient (Wildman–Crippen LogP) is 3.22. The van der Waals surface area contributed by atoms with E-state index in [9.17, 15) is 0 Å². The van der Waals surface area contributed by atoms with Crippen molar-refractivity contribution in [3.8, 4) is 0 Å². The lowest BCUT2D eigenvalue weighted by Crippen LogP contribution is -2.38. The first-order valence-electron chi connectivity index (χ1n) is 7.17. The van der Waals surface area contributed by atoms with E-state index in [-0.39, 0.29) is 0 Å². The molecule has 0 saturated heterocycles. The number of aromatic nitrogens is 3. The first-order valence-corrected chi connectivity index (χ1v) is 7.17. The van der Waals surface area contributed by atoms with Crippen molar-refractivity contribution in [2.75, 3.05) is 11.9 Å². The van der Waals surface area contributed by atoms with Gasteiger partial charge in [-0.1, -0.05) is 13.8 Å². The lowest BCUT2D eigenvalue weighted by molar-refractivity contribution is 0.247. The van der Waals surface area contributed by atoms with Gasteiger partial charge in [-0.3, -0.25) is 0 Å². The summed E-state index contributed by atoms with van der Waals surface area (Å²) in [6.45, 7) is 4.74. The lowest BCUT2D eigenvalue weighted by atomic mass is 9.78. The molecule has 1 aliphatic rings. The Bertz CT molecular complexity index is 562. The van der Waals surface area contributed by atoms with E-state index >= 15 is 0 Å². The second kappa shape index (κ2) is 4.83. The van der Waals surface area contributed by atoms with Crippen molar-refractivity contribution >= 4 is 16.9 Å². The van der Waals surface area contributed by atoms with Gasteiger partial charge in [0, 0.05) is 19.3 Å². The van der Waals surface area contributed by atoms with Gasteiger partial charge in [0.25, 0.3) is 0 Å². The zero-order chi connectivity index (χ0) is 13.4. The van der Waals surface area contributed by atoms with Crippen molar-refractivity contribution in [3.63, 3.8) is 0 Å². The summed E-state index contributed by atoms with van der Waals surface area (Å²) in [6, 6.07) is 2.66. The molecule has 2 heterocycles. The Morgan fingerprint density at radius 3 is 2.84 bits per heavy atom. The summed E-state index contributed by atoms with van der Waals surface area (Å²) in [5.41, 5.74) is 0.925. The fourth-order valence-electron chi connectivity index (χ4n) is 3.18. The molecule has 0 radical (unpaired) electrons. The minimum Gasteiger partial charge on any atom is -0.356 e. The number of hydrogen-bond donors (Lipinski definition) is 1. The van der Waals surface area contributed by atoms with Crippen molar-refractivity contribution in [2.24, 2.45) is 11.8 Å². The average Bonchev–Trinajstić information content (AvgIpc) is 2.89. The molecule has 19 heavy (non-hydrogen) atoms. The quantitative estimate of drug-likeness (QED) is 0.899. The Hall–Kier alpha value is -1.58. The first kappa shape index (κ1) is 12.5. The summed E-state index contributed by atoms with van der Waals surface area (Å²) in [4.78, 5) is 14.3. The van der Waals surface area contributed by atoms with Crippen LogP contribution in [-0.4, -0.2) is 28.0 Å². The minimum absolute atomic E-state index is 0.596. The maximum Gasteiger partial charge on any atom is 0.142 e. The number of H-pyrrole nitrogens is 1. The van der Waals surface area contributed by atoms with Crippen LogP contribution in [0.3, 0.4) is 0 Å². The molecule has 0 spiro atoms. The molecule has 4 heteroatoms. The largest absolute Gasteiger partial charge is 0.356 e. The van der Waals surface area contributed by atoms with Crippen LogP contribution < -0.4 is 4.90 Å². The van der Waals surface area contributed by atoms with Crippen LogP contribution >= 0.6 is 0 Å². The topological polar surface area (TPSA) is 44.8 Å². The molecule has 3 rings (SSSR count). The average molecular weight is 258 g/mol. The summed E-state index contributed by atoms with van der Waals surface area (Å²) >= 11 is 0. The molecule has 1 N–H and O–H groups in total. The molecule has 3 atom stereocenters.